The van der Waals surface area contributed by atoms with Crippen LogP contribution >= 0.6 is 0 Å². The molecule has 12 heteroatoms. The molecule has 3 heterocycles. The number of benzene rings is 1. The Hall–Kier alpha value is -2.63. The number of hydrogen-bond acceptors (Lipinski definition) is 6. The van der Waals surface area contributed by atoms with Crippen LogP contribution in [0.4, 0.5) is 35.1 Å². The second-order valence-corrected chi connectivity index (χ2v) is 9.69. The number of hydrogen-bond donors (Lipinski definition) is 1. The van der Waals surface area contributed by atoms with Crippen LogP contribution < -0.4 is 14.5 Å². The zero-order valence-corrected chi connectivity index (χ0v) is 18.0. The van der Waals surface area contributed by atoms with Crippen molar-refractivity contribution in [1.82, 2.24) is 9.97 Å². The molecule has 0 aliphatic carbocycles. The number of rotatable bonds is 5. The molecule has 2 aliphatic rings. The van der Waals surface area contributed by atoms with E-state index in [2.05, 4.69) is 14.7 Å². The van der Waals surface area contributed by atoms with E-state index in [0.29, 0.717) is 0 Å². The fourth-order valence-corrected chi connectivity index (χ4v) is 4.66. The Bertz CT molecular complexity index is 1000. The zero-order chi connectivity index (χ0) is 23.0. The second kappa shape index (κ2) is 8.38. The molecule has 2 aromatic rings. The predicted octanol–water partition coefficient (Wildman–Crippen LogP) is 3.75. The summed E-state index contributed by atoms with van der Waals surface area (Å²) in [6.45, 7) is 0.137. The van der Waals surface area contributed by atoms with Crippen molar-refractivity contribution in [3.05, 3.63) is 36.4 Å². The van der Waals surface area contributed by atoms with Gasteiger partial charge in [-0.25, -0.2) is 30.7 Å². The molecule has 4 rings (SSSR count). The van der Waals surface area contributed by atoms with Gasteiger partial charge in [0.2, 0.25) is 5.95 Å². The van der Waals surface area contributed by atoms with Crippen molar-refractivity contribution in [3.8, 4) is 0 Å². The molecule has 1 aromatic carbocycles. The minimum absolute atomic E-state index is 0.00535. The molecule has 0 amide bonds. The minimum Gasteiger partial charge on any atom is -0.356 e. The van der Waals surface area contributed by atoms with Crippen LogP contribution in [0.5, 0.6) is 0 Å². The molecule has 0 spiro atoms. The average molecular weight is 473 g/mol. The normalized spacial score (nSPS) is 20.8. The summed E-state index contributed by atoms with van der Waals surface area (Å²) in [7, 11) is -4.00. The Labute approximate surface area is 183 Å². The maximum atomic E-state index is 13.6. The molecule has 0 radical (unpaired) electrons. The largest absolute Gasteiger partial charge is 0.356 e. The number of nitrogens with one attached hydrogen (secondary N) is 1. The van der Waals surface area contributed by atoms with Gasteiger partial charge in [-0.15, -0.1) is 0 Å². The van der Waals surface area contributed by atoms with Crippen LogP contribution in [0.1, 0.15) is 25.7 Å². The fraction of sp³-hybridized carbons (Fsp3) is 0.500. The monoisotopic (exact) mass is 473 g/mol. The summed E-state index contributed by atoms with van der Waals surface area (Å²) in [6.07, 6.45) is -1.42. The number of nitrogens with zero attached hydrogens (tertiary/aromatic N) is 4. The van der Waals surface area contributed by atoms with E-state index in [1.807, 2.05) is 0 Å². The lowest BCUT2D eigenvalue weighted by Gasteiger charge is -2.35. The first kappa shape index (κ1) is 22.6. The lowest BCUT2D eigenvalue weighted by atomic mass is 10.1. The van der Waals surface area contributed by atoms with Gasteiger partial charge in [-0.1, -0.05) is 18.2 Å². The Morgan fingerprint density at radius 2 is 1.22 bits per heavy atom. The Morgan fingerprint density at radius 3 is 1.66 bits per heavy atom. The maximum absolute atomic E-state index is 13.6. The van der Waals surface area contributed by atoms with Crippen LogP contribution in [0.15, 0.2) is 41.3 Å². The number of halogens is 4. The van der Waals surface area contributed by atoms with Crippen LogP contribution in [-0.4, -0.2) is 56.4 Å². The van der Waals surface area contributed by atoms with Crippen molar-refractivity contribution >= 4 is 27.6 Å². The van der Waals surface area contributed by atoms with E-state index in [9.17, 15) is 26.0 Å². The molecule has 0 bridgehead atoms. The van der Waals surface area contributed by atoms with E-state index >= 15 is 0 Å². The van der Waals surface area contributed by atoms with Crippen molar-refractivity contribution in [2.45, 2.75) is 42.4 Å². The Balaban J connectivity index is 1.64. The first-order chi connectivity index (χ1) is 15.0. The molecule has 174 valence electrons. The van der Waals surface area contributed by atoms with E-state index in [1.165, 1.54) is 18.2 Å². The van der Waals surface area contributed by atoms with E-state index in [1.54, 1.807) is 28.0 Å². The standard InChI is InChI=1S/C20H23F4N5O2S/c21-19(22)6-10-28(11-7-19)16-14-17(29-12-8-20(23,24)9-13-29)26-18(25-16)27-32(30,31)15-4-2-1-3-5-15/h1-5,14H,6-13H2,(H,25,26,27). The van der Waals surface area contributed by atoms with Crippen molar-refractivity contribution in [2.24, 2.45) is 0 Å². The van der Waals surface area contributed by atoms with Crippen LogP contribution in [0.2, 0.25) is 0 Å². The van der Waals surface area contributed by atoms with Gasteiger partial charge in [0.25, 0.3) is 21.9 Å². The topological polar surface area (TPSA) is 78.4 Å². The third-order valence-electron chi connectivity index (χ3n) is 5.62. The van der Waals surface area contributed by atoms with Gasteiger partial charge in [0, 0.05) is 57.9 Å². The first-order valence-electron chi connectivity index (χ1n) is 10.3. The molecule has 0 atom stereocenters. The molecule has 2 saturated heterocycles. The quantitative estimate of drug-likeness (QED) is 0.667. The van der Waals surface area contributed by atoms with Gasteiger partial charge in [-0.2, -0.15) is 9.97 Å². The Kier molecular flexibility index (Phi) is 5.91. The molecule has 7 nitrogen and oxygen atoms in total. The van der Waals surface area contributed by atoms with Crippen molar-refractivity contribution in [1.29, 1.82) is 0 Å². The molecule has 1 aromatic heterocycles. The smallest absolute Gasteiger partial charge is 0.264 e. The van der Waals surface area contributed by atoms with Crippen LogP contribution in [0.25, 0.3) is 0 Å². The van der Waals surface area contributed by atoms with E-state index in [0.717, 1.165) is 0 Å². The molecule has 0 saturated carbocycles. The highest BCUT2D eigenvalue weighted by atomic mass is 32.2. The second-order valence-electron chi connectivity index (χ2n) is 8.01. The predicted molar refractivity (Wildman–Crippen MR) is 112 cm³/mol. The van der Waals surface area contributed by atoms with Gasteiger partial charge in [0.05, 0.1) is 4.90 Å². The summed E-state index contributed by atoms with van der Waals surface area (Å²) in [6, 6.07) is 9.16. The summed E-state index contributed by atoms with van der Waals surface area (Å²) >= 11 is 0. The summed E-state index contributed by atoms with van der Waals surface area (Å²) < 4.78 is 82.2. The SMILES string of the molecule is O=S(=O)(Nc1nc(N2CCC(F)(F)CC2)cc(N2CCC(F)(F)CC2)n1)c1ccccc1. The van der Waals surface area contributed by atoms with Gasteiger partial charge in [0.15, 0.2) is 0 Å². The van der Waals surface area contributed by atoms with Gasteiger partial charge >= 0.3 is 0 Å². The maximum Gasteiger partial charge on any atom is 0.264 e. The first-order valence-corrected chi connectivity index (χ1v) is 11.7. The third kappa shape index (κ3) is 5.22. The van der Waals surface area contributed by atoms with Gasteiger partial charge < -0.3 is 9.80 Å². The van der Waals surface area contributed by atoms with Crippen molar-refractivity contribution < 1.29 is 26.0 Å². The summed E-state index contributed by atoms with van der Waals surface area (Å²) in [5.74, 6) is -5.22. The van der Waals surface area contributed by atoms with Crippen LogP contribution in [0.3, 0.4) is 0 Å². The average Bonchev–Trinajstić information content (AvgIpc) is 2.74. The van der Waals surface area contributed by atoms with Gasteiger partial charge in [-0.3, -0.25) is 0 Å². The zero-order valence-electron chi connectivity index (χ0n) is 17.1. The molecular formula is C20H23F4N5O2S. The van der Waals surface area contributed by atoms with Crippen molar-refractivity contribution in [2.75, 3.05) is 40.7 Å². The molecule has 0 unspecified atom stereocenters. The molecule has 1 N–H and O–H groups in total. The van der Waals surface area contributed by atoms with E-state index in [4.69, 9.17) is 0 Å². The van der Waals surface area contributed by atoms with E-state index < -0.39 is 21.9 Å². The van der Waals surface area contributed by atoms with E-state index in [-0.39, 0.29) is 74.3 Å². The van der Waals surface area contributed by atoms with Crippen LogP contribution in [0, 0.1) is 0 Å². The number of alkyl halides is 4. The number of anilines is 3. The number of aromatic nitrogens is 2. The highest BCUT2D eigenvalue weighted by Gasteiger charge is 2.36. The number of piperidine rings is 2. The molecular weight excluding hydrogens is 450 g/mol. The Morgan fingerprint density at radius 1 is 0.781 bits per heavy atom. The third-order valence-corrected chi connectivity index (χ3v) is 6.96. The lowest BCUT2D eigenvalue weighted by Crippen LogP contribution is -2.41. The molecule has 32 heavy (non-hydrogen) atoms. The highest BCUT2D eigenvalue weighted by molar-refractivity contribution is 7.92. The van der Waals surface area contributed by atoms with Crippen molar-refractivity contribution in [3.63, 3.8) is 0 Å². The molecule has 2 aliphatic heterocycles. The van der Waals surface area contributed by atoms with Gasteiger partial charge in [0.1, 0.15) is 11.6 Å². The fourth-order valence-electron chi connectivity index (χ4n) is 3.70. The molecule has 2 fully saturated rings. The summed E-state index contributed by atoms with van der Waals surface area (Å²) in [4.78, 5) is 11.7. The summed E-state index contributed by atoms with van der Waals surface area (Å²) in [5, 5.41) is 0. The minimum atomic E-state index is -4.00. The number of sulfonamides is 1. The van der Waals surface area contributed by atoms with Gasteiger partial charge in [-0.05, 0) is 12.1 Å². The van der Waals surface area contributed by atoms with Crippen LogP contribution in [-0.2, 0) is 10.0 Å². The summed E-state index contributed by atoms with van der Waals surface area (Å²) in [5.41, 5.74) is 0. The lowest BCUT2D eigenvalue weighted by molar-refractivity contribution is -0.0225. The highest BCUT2D eigenvalue weighted by Crippen LogP contribution is 2.34.